The molecule has 170 valence electrons. The minimum atomic E-state index is -0.262. The highest BCUT2D eigenvalue weighted by atomic mass is 32.2. The lowest BCUT2D eigenvalue weighted by atomic mass is 10.2. The standard InChI is InChI=1S/C23H24N6O2S2/c1-16-20(21(31)29(28(16)3)18-12-8-5-9-13-18)25-19(30)15-32-23-26-27(2)22(33-23)24-14-17-10-6-4-7-11-17/h4-13H,14-15H2,1-3H3,(H,25,30). The molecular weight excluding hydrogens is 456 g/mol. The molecule has 0 radical (unpaired) electrons. The maximum Gasteiger partial charge on any atom is 0.295 e. The van der Waals surface area contributed by atoms with Gasteiger partial charge in [0.25, 0.3) is 5.56 Å². The van der Waals surface area contributed by atoms with E-state index in [2.05, 4.69) is 15.4 Å². The van der Waals surface area contributed by atoms with E-state index in [4.69, 9.17) is 0 Å². The number of anilines is 1. The van der Waals surface area contributed by atoms with Crippen LogP contribution in [0.25, 0.3) is 5.69 Å². The van der Waals surface area contributed by atoms with Gasteiger partial charge in [-0.25, -0.2) is 9.36 Å². The number of thioether (sulfide) groups is 1. The first-order valence-electron chi connectivity index (χ1n) is 10.3. The van der Waals surface area contributed by atoms with Crippen LogP contribution < -0.4 is 15.7 Å². The van der Waals surface area contributed by atoms with Gasteiger partial charge in [0.1, 0.15) is 5.69 Å². The minimum absolute atomic E-state index is 0.144. The summed E-state index contributed by atoms with van der Waals surface area (Å²) in [6.07, 6.45) is 0. The summed E-state index contributed by atoms with van der Waals surface area (Å²) in [4.78, 5) is 31.0. The van der Waals surface area contributed by atoms with E-state index in [9.17, 15) is 9.59 Å². The molecule has 2 aromatic heterocycles. The summed E-state index contributed by atoms with van der Waals surface area (Å²) in [6, 6.07) is 19.3. The van der Waals surface area contributed by atoms with Crippen LogP contribution in [0.4, 0.5) is 5.69 Å². The van der Waals surface area contributed by atoms with Gasteiger partial charge in [-0.1, -0.05) is 71.6 Å². The monoisotopic (exact) mass is 480 g/mol. The molecule has 0 atom stereocenters. The van der Waals surface area contributed by atoms with Gasteiger partial charge in [-0.05, 0) is 24.6 Å². The predicted octanol–water partition coefficient (Wildman–Crippen LogP) is 3.11. The molecule has 33 heavy (non-hydrogen) atoms. The normalized spacial score (nSPS) is 11.7. The highest BCUT2D eigenvalue weighted by Gasteiger charge is 2.18. The van der Waals surface area contributed by atoms with E-state index in [0.717, 1.165) is 20.4 Å². The number of hydrogen-bond donors (Lipinski definition) is 1. The minimum Gasteiger partial charge on any atom is -0.319 e. The summed E-state index contributed by atoms with van der Waals surface area (Å²) in [6.45, 7) is 2.38. The Morgan fingerprint density at radius 3 is 2.45 bits per heavy atom. The molecule has 0 fully saturated rings. The summed E-state index contributed by atoms with van der Waals surface area (Å²) in [5.74, 6) is -0.114. The van der Waals surface area contributed by atoms with Crippen LogP contribution in [0.15, 0.2) is 74.8 Å². The summed E-state index contributed by atoms with van der Waals surface area (Å²) < 4.78 is 5.74. The number of amides is 1. The number of carbonyl (C=O) groups is 1. The number of aromatic nitrogens is 4. The number of para-hydroxylation sites is 1. The van der Waals surface area contributed by atoms with Crippen molar-refractivity contribution in [2.24, 2.45) is 19.1 Å². The summed E-state index contributed by atoms with van der Waals surface area (Å²) in [5.41, 5.74) is 2.58. The molecule has 0 spiro atoms. The molecule has 0 aliphatic heterocycles. The van der Waals surface area contributed by atoms with Crippen LogP contribution in [0.3, 0.4) is 0 Å². The second-order valence-corrected chi connectivity index (χ2v) is 9.53. The molecule has 1 amide bonds. The van der Waals surface area contributed by atoms with Crippen molar-refractivity contribution in [3.63, 3.8) is 0 Å². The number of carbonyl (C=O) groups excluding carboxylic acids is 1. The SMILES string of the molecule is Cc1c(NC(=O)CSc2nn(C)c(=NCc3ccccc3)s2)c(=O)n(-c2ccccc2)n1C. The third-order valence-electron chi connectivity index (χ3n) is 5.07. The maximum absolute atomic E-state index is 13.0. The van der Waals surface area contributed by atoms with Crippen molar-refractivity contribution < 1.29 is 4.79 Å². The maximum atomic E-state index is 13.0. The van der Waals surface area contributed by atoms with Crippen LogP contribution in [0.5, 0.6) is 0 Å². The van der Waals surface area contributed by atoms with Gasteiger partial charge < -0.3 is 5.32 Å². The second kappa shape index (κ2) is 10.1. The molecule has 4 aromatic rings. The van der Waals surface area contributed by atoms with Crippen molar-refractivity contribution in [3.05, 3.63) is 87.1 Å². The molecule has 8 nitrogen and oxygen atoms in total. The van der Waals surface area contributed by atoms with Crippen LogP contribution in [0.2, 0.25) is 0 Å². The largest absolute Gasteiger partial charge is 0.319 e. The van der Waals surface area contributed by atoms with Gasteiger partial charge >= 0.3 is 0 Å². The molecule has 0 saturated heterocycles. The van der Waals surface area contributed by atoms with Crippen LogP contribution in [-0.4, -0.2) is 30.8 Å². The molecule has 0 aliphatic rings. The second-order valence-electron chi connectivity index (χ2n) is 7.35. The van der Waals surface area contributed by atoms with Crippen LogP contribution >= 0.6 is 23.1 Å². The van der Waals surface area contributed by atoms with E-state index < -0.39 is 0 Å². The zero-order valence-corrected chi connectivity index (χ0v) is 20.2. The highest BCUT2D eigenvalue weighted by molar-refractivity contribution is 8.01. The Bertz CT molecular complexity index is 1380. The van der Waals surface area contributed by atoms with E-state index in [1.807, 2.05) is 74.6 Å². The zero-order valence-electron chi connectivity index (χ0n) is 18.6. The molecule has 4 rings (SSSR count). The number of aryl methyl sites for hydroxylation is 1. The Kier molecular flexibility index (Phi) is 6.95. The number of hydrogen-bond acceptors (Lipinski definition) is 6. The first-order valence-corrected chi connectivity index (χ1v) is 12.1. The quantitative estimate of drug-likeness (QED) is 0.412. The molecule has 0 saturated carbocycles. The molecule has 1 N–H and O–H groups in total. The number of benzene rings is 2. The van der Waals surface area contributed by atoms with E-state index in [1.165, 1.54) is 23.1 Å². The van der Waals surface area contributed by atoms with Crippen molar-refractivity contribution in [1.29, 1.82) is 0 Å². The molecular formula is C23H24N6O2S2. The van der Waals surface area contributed by atoms with Gasteiger partial charge in [0.15, 0.2) is 4.34 Å². The lowest BCUT2D eigenvalue weighted by Crippen LogP contribution is -2.23. The van der Waals surface area contributed by atoms with Gasteiger partial charge in [-0.2, -0.15) is 5.10 Å². The fraction of sp³-hybridized carbons (Fsp3) is 0.217. The fourth-order valence-electron chi connectivity index (χ4n) is 3.28. The Morgan fingerprint density at radius 1 is 1.09 bits per heavy atom. The Morgan fingerprint density at radius 2 is 1.76 bits per heavy atom. The van der Waals surface area contributed by atoms with Crippen LogP contribution in [-0.2, 0) is 25.4 Å². The summed E-state index contributed by atoms with van der Waals surface area (Å²) >= 11 is 2.76. The van der Waals surface area contributed by atoms with Gasteiger partial charge in [0.2, 0.25) is 10.7 Å². The van der Waals surface area contributed by atoms with Crippen molar-refractivity contribution in [3.8, 4) is 5.69 Å². The van der Waals surface area contributed by atoms with E-state index in [0.29, 0.717) is 12.2 Å². The number of rotatable bonds is 7. The van der Waals surface area contributed by atoms with E-state index >= 15 is 0 Å². The first-order chi connectivity index (χ1) is 15.9. The molecule has 0 bridgehead atoms. The fourth-order valence-corrected chi connectivity index (χ4v) is 5.04. The van der Waals surface area contributed by atoms with E-state index in [1.54, 1.807) is 21.1 Å². The van der Waals surface area contributed by atoms with Crippen molar-refractivity contribution in [1.82, 2.24) is 19.1 Å². The van der Waals surface area contributed by atoms with Crippen LogP contribution in [0, 0.1) is 6.92 Å². The Labute approximate surface area is 199 Å². The molecule has 10 heteroatoms. The molecule has 2 heterocycles. The topological polar surface area (TPSA) is 86.2 Å². The van der Waals surface area contributed by atoms with Gasteiger partial charge in [-0.15, -0.1) is 0 Å². The molecule has 0 aliphatic carbocycles. The number of nitrogens with zero attached hydrogens (tertiary/aromatic N) is 5. The molecule has 0 unspecified atom stereocenters. The van der Waals surface area contributed by atoms with Gasteiger partial charge in [-0.3, -0.25) is 19.3 Å². The highest BCUT2D eigenvalue weighted by Crippen LogP contribution is 2.19. The Hall–Kier alpha value is -3.37. The third-order valence-corrected chi connectivity index (χ3v) is 7.24. The van der Waals surface area contributed by atoms with Gasteiger partial charge in [0.05, 0.1) is 23.7 Å². The number of nitrogens with one attached hydrogen (secondary N) is 1. The summed E-state index contributed by atoms with van der Waals surface area (Å²) in [7, 11) is 3.63. The Balaban J connectivity index is 1.43. The van der Waals surface area contributed by atoms with Crippen molar-refractivity contribution in [2.75, 3.05) is 11.1 Å². The van der Waals surface area contributed by atoms with E-state index in [-0.39, 0.29) is 22.9 Å². The lowest BCUT2D eigenvalue weighted by Gasteiger charge is -2.07. The predicted molar refractivity (Wildman–Crippen MR) is 132 cm³/mol. The molecule has 2 aromatic carbocycles. The summed E-state index contributed by atoms with van der Waals surface area (Å²) in [5, 5.41) is 7.23. The smallest absolute Gasteiger partial charge is 0.295 e. The average Bonchev–Trinajstić information content (AvgIpc) is 3.29. The van der Waals surface area contributed by atoms with Crippen LogP contribution in [0.1, 0.15) is 11.3 Å². The zero-order chi connectivity index (χ0) is 23.4. The third kappa shape index (κ3) is 5.18. The average molecular weight is 481 g/mol. The van der Waals surface area contributed by atoms with Gasteiger partial charge in [0, 0.05) is 14.1 Å². The van der Waals surface area contributed by atoms with Crippen molar-refractivity contribution in [2.45, 2.75) is 17.8 Å². The lowest BCUT2D eigenvalue weighted by molar-refractivity contribution is -0.113. The first kappa shape index (κ1) is 22.8. The van der Waals surface area contributed by atoms with Crippen molar-refractivity contribution >= 4 is 34.7 Å².